The molecule has 0 saturated heterocycles. The number of allylic oxidation sites excluding steroid dienone is 1. The van der Waals surface area contributed by atoms with E-state index >= 15 is 0 Å². The fraction of sp³-hybridized carbons (Fsp3) is 0.125. The van der Waals surface area contributed by atoms with Gasteiger partial charge in [0, 0.05) is 30.6 Å². The summed E-state index contributed by atoms with van der Waals surface area (Å²) in [5, 5.41) is 0.599. The zero-order chi connectivity index (χ0) is 21.6. The highest BCUT2D eigenvalue weighted by molar-refractivity contribution is 6.08. The molecular formula is C24H20N4O3. The Kier molecular flexibility index (Phi) is 5.93. The van der Waals surface area contributed by atoms with E-state index in [0.29, 0.717) is 22.3 Å². The smallest absolute Gasteiger partial charge is 0.340 e. The van der Waals surface area contributed by atoms with Crippen LogP contribution in [0.2, 0.25) is 0 Å². The summed E-state index contributed by atoms with van der Waals surface area (Å²) in [4.78, 5) is 40.4. The molecule has 0 unspecified atom stereocenters. The third-order valence-electron chi connectivity index (χ3n) is 4.71. The van der Waals surface area contributed by atoms with Crippen molar-refractivity contribution in [1.29, 1.82) is 0 Å². The fourth-order valence-electron chi connectivity index (χ4n) is 3.30. The molecule has 4 rings (SSSR count). The molecule has 7 heteroatoms. The van der Waals surface area contributed by atoms with E-state index in [2.05, 4.69) is 19.9 Å². The lowest BCUT2D eigenvalue weighted by Crippen LogP contribution is -2.04. The van der Waals surface area contributed by atoms with Crippen LogP contribution in [-0.4, -0.2) is 38.3 Å². The summed E-state index contributed by atoms with van der Waals surface area (Å²) in [7, 11) is 0. The van der Waals surface area contributed by atoms with E-state index in [4.69, 9.17) is 4.74 Å². The molecule has 0 aliphatic heterocycles. The van der Waals surface area contributed by atoms with Crippen molar-refractivity contribution in [1.82, 2.24) is 19.9 Å². The van der Waals surface area contributed by atoms with E-state index in [-0.39, 0.29) is 18.8 Å². The number of aromatic nitrogens is 4. The first-order valence-electron chi connectivity index (χ1n) is 9.85. The first-order valence-corrected chi connectivity index (χ1v) is 9.85. The molecule has 154 valence electrons. The zero-order valence-corrected chi connectivity index (χ0v) is 16.9. The summed E-state index contributed by atoms with van der Waals surface area (Å²) >= 11 is 0. The van der Waals surface area contributed by atoms with Crippen LogP contribution >= 0.6 is 0 Å². The number of aromatic amines is 1. The van der Waals surface area contributed by atoms with Crippen molar-refractivity contribution in [2.45, 2.75) is 13.3 Å². The number of carbonyl (C=O) groups is 2. The van der Waals surface area contributed by atoms with Crippen LogP contribution in [0.15, 0.2) is 67.4 Å². The fourth-order valence-corrected chi connectivity index (χ4v) is 3.30. The SMILES string of the molecule is CCOC(=O)c1c[nH]c2ncnc(-c3cccc(CC(=O)/C=C/c4ccncc4)c3)c12. The molecule has 0 atom stereocenters. The number of fused-ring (bicyclic) bond motifs is 1. The van der Waals surface area contributed by atoms with Crippen LogP contribution < -0.4 is 0 Å². The number of nitrogens with one attached hydrogen (secondary N) is 1. The maximum absolute atomic E-state index is 12.4. The summed E-state index contributed by atoms with van der Waals surface area (Å²) in [6.07, 6.45) is 9.98. The van der Waals surface area contributed by atoms with Crippen molar-refractivity contribution in [3.63, 3.8) is 0 Å². The van der Waals surface area contributed by atoms with Gasteiger partial charge in [-0.1, -0.05) is 24.3 Å². The minimum absolute atomic E-state index is 0.0179. The second-order valence-corrected chi connectivity index (χ2v) is 6.83. The van der Waals surface area contributed by atoms with Crippen LogP contribution in [0.4, 0.5) is 0 Å². The number of carbonyl (C=O) groups excluding carboxylic acids is 2. The van der Waals surface area contributed by atoms with Crippen molar-refractivity contribution < 1.29 is 14.3 Å². The van der Waals surface area contributed by atoms with Crippen molar-refractivity contribution in [3.8, 4) is 11.3 Å². The summed E-state index contributed by atoms with van der Waals surface area (Å²) in [5.74, 6) is -0.451. The van der Waals surface area contributed by atoms with Gasteiger partial charge in [-0.15, -0.1) is 0 Å². The molecule has 3 aromatic heterocycles. The summed E-state index contributed by atoms with van der Waals surface area (Å²) in [5.41, 5.74) is 4.10. The molecule has 0 aliphatic rings. The summed E-state index contributed by atoms with van der Waals surface area (Å²) in [6, 6.07) is 11.2. The Hall–Kier alpha value is -4.13. The predicted octanol–water partition coefficient (Wildman–Crippen LogP) is 4.02. The number of H-pyrrole nitrogens is 1. The number of ether oxygens (including phenoxy) is 1. The van der Waals surface area contributed by atoms with Crippen LogP contribution in [-0.2, 0) is 16.0 Å². The maximum Gasteiger partial charge on any atom is 0.340 e. The maximum atomic E-state index is 12.4. The molecule has 0 bridgehead atoms. The molecular weight excluding hydrogens is 392 g/mol. The number of nitrogens with zero attached hydrogens (tertiary/aromatic N) is 3. The average molecular weight is 412 g/mol. The number of hydrogen-bond acceptors (Lipinski definition) is 6. The molecule has 0 saturated carbocycles. The van der Waals surface area contributed by atoms with E-state index < -0.39 is 5.97 Å². The normalized spacial score (nSPS) is 11.1. The van der Waals surface area contributed by atoms with Crippen molar-refractivity contribution in [3.05, 3.63) is 84.1 Å². The van der Waals surface area contributed by atoms with E-state index in [0.717, 1.165) is 16.7 Å². The van der Waals surface area contributed by atoms with Crippen LogP contribution in [0.5, 0.6) is 0 Å². The molecule has 0 radical (unpaired) electrons. The van der Waals surface area contributed by atoms with Gasteiger partial charge < -0.3 is 9.72 Å². The Labute approximate surface area is 178 Å². The lowest BCUT2D eigenvalue weighted by atomic mass is 10.0. The number of esters is 1. The quantitative estimate of drug-likeness (QED) is 0.364. The number of hydrogen-bond donors (Lipinski definition) is 1. The van der Waals surface area contributed by atoms with Crippen LogP contribution in [0.3, 0.4) is 0 Å². The lowest BCUT2D eigenvalue weighted by Gasteiger charge is -2.07. The highest BCUT2D eigenvalue weighted by atomic mass is 16.5. The van der Waals surface area contributed by atoms with E-state index in [1.807, 2.05) is 36.4 Å². The molecule has 0 spiro atoms. The van der Waals surface area contributed by atoms with Gasteiger partial charge in [-0.3, -0.25) is 9.78 Å². The Balaban J connectivity index is 1.62. The van der Waals surface area contributed by atoms with Crippen molar-refractivity contribution in [2.75, 3.05) is 6.61 Å². The van der Waals surface area contributed by atoms with Gasteiger partial charge in [0.2, 0.25) is 0 Å². The summed E-state index contributed by atoms with van der Waals surface area (Å²) in [6.45, 7) is 2.03. The molecule has 31 heavy (non-hydrogen) atoms. The third-order valence-corrected chi connectivity index (χ3v) is 4.71. The van der Waals surface area contributed by atoms with Gasteiger partial charge in [-0.25, -0.2) is 14.8 Å². The van der Waals surface area contributed by atoms with Crippen LogP contribution in [0.25, 0.3) is 28.4 Å². The van der Waals surface area contributed by atoms with Gasteiger partial charge in [0.25, 0.3) is 0 Å². The Morgan fingerprint density at radius 3 is 2.77 bits per heavy atom. The topological polar surface area (TPSA) is 97.8 Å². The first kappa shape index (κ1) is 20.2. The van der Waals surface area contributed by atoms with E-state index in [9.17, 15) is 9.59 Å². The third kappa shape index (κ3) is 4.56. The highest BCUT2D eigenvalue weighted by Crippen LogP contribution is 2.29. The Morgan fingerprint density at radius 1 is 1.13 bits per heavy atom. The van der Waals surface area contributed by atoms with Gasteiger partial charge in [-0.05, 0) is 42.3 Å². The molecule has 0 aliphatic carbocycles. The van der Waals surface area contributed by atoms with Gasteiger partial charge in [0.05, 0.1) is 23.3 Å². The molecule has 3 heterocycles. The zero-order valence-electron chi connectivity index (χ0n) is 16.9. The first-order chi connectivity index (χ1) is 15.2. The Bertz CT molecular complexity index is 1260. The minimum atomic E-state index is -0.433. The van der Waals surface area contributed by atoms with Crippen molar-refractivity contribution >= 4 is 28.9 Å². The standard InChI is InChI=1S/C24H20N4O3/c1-2-31-24(30)20-14-26-23-21(20)22(27-15-28-23)18-5-3-4-17(12-18)13-19(29)7-6-16-8-10-25-11-9-16/h3-12,14-15H,2,13H2,1H3,(H,26,27,28)/b7-6+. The van der Waals surface area contributed by atoms with Crippen LogP contribution in [0, 0.1) is 0 Å². The summed E-state index contributed by atoms with van der Waals surface area (Å²) < 4.78 is 5.15. The molecule has 1 N–H and O–H groups in total. The highest BCUT2D eigenvalue weighted by Gasteiger charge is 2.19. The van der Waals surface area contributed by atoms with E-state index in [1.54, 1.807) is 37.7 Å². The molecule has 7 nitrogen and oxygen atoms in total. The Morgan fingerprint density at radius 2 is 1.97 bits per heavy atom. The van der Waals surface area contributed by atoms with Gasteiger partial charge in [0.1, 0.15) is 12.0 Å². The van der Waals surface area contributed by atoms with Gasteiger partial charge in [0.15, 0.2) is 5.78 Å². The van der Waals surface area contributed by atoms with E-state index in [1.165, 1.54) is 6.33 Å². The monoisotopic (exact) mass is 412 g/mol. The molecule has 0 amide bonds. The molecule has 4 aromatic rings. The number of benzene rings is 1. The molecule has 1 aromatic carbocycles. The van der Waals surface area contributed by atoms with Gasteiger partial charge in [-0.2, -0.15) is 0 Å². The van der Waals surface area contributed by atoms with Gasteiger partial charge >= 0.3 is 5.97 Å². The minimum Gasteiger partial charge on any atom is -0.462 e. The number of rotatable bonds is 7. The van der Waals surface area contributed by atoms with Crippen LogP contribution in [0.1, 0.15) is 28.4 Å². The number of ketones is 1. The second-order valence-electron chi connectivity index (χ2n) is 6.83. The largest absolute Gasteiger partial charge is 0.462 e. The predicted molar refractivity (Wildman–Crippen MR) is 117 cm³/mol. The second kappa shape index (κ2) is 9.13. The van der Waals surface area contributed by atoms with Crippen molar-refractivity contribution in [2.24, 2.45) is 0 Å². The average Bonchev–Trinajstić information content (AvgIpc) is 3.23. The molecule has 0 fully saturated rings. The number of pyridine rings is 1. The lowest BCUT2D eigenvalue weighted by molar-refractivity contribution is -0.113.